The maximum Gasteiger partial charge on any atom is 0.191 e. The summed E-state index contributed by atoms with van der Waals surface area (Å²) >= 11 is 0. The summed E-state index contributed by atoms with van der Waals surface area (Å²) in [6.07, 6.45) is 8.03. The van der Waals surface area contributed by atoms with E-state index in [2.05, 4.69) is 27.7 Å². The van der Waals surface area contributed by atoms with Gasteiger partial charge < -0.3 is 15.2 Å². The van der Waals surface area contributed by atoms with E-state index in [1.165, 1.54) is 32.1 Å². The van der Waals surface area contributed by atoms with Crippen LogP contribution in [0.15, 0.2) is 21.8 Å². The molecule has 1 aromatic heterocycles. The van der Waals surface area contributed by atoms with Crippen LogP contribution in [0.25, 0.3) is 0 Å². The quantitative estimate of drug-likeness (QED) is 0.470. The average molecular weight is 392 g/mol. The number of hydrogen-bond donors (Lipinski definition) is 2. The minimum absolute atomic E-state index is 0. The van der Waals surface area contributed by atoms with Gasteiger partial charge >= 0.3 is 0 Å². The summed E-state index contributed by atoms with van der Waals surface area (Å²) in [7, 11) is 1.80. The summed E-state index contributed by atoms with van der Waals surface area (Å²) in [5.41, 5.74) is 0.887. The minimum Gasteiger partial charge on any atom is -0.364 e. The van der Waals surface area contributed by atoms with Gasteiger partial charge in [-0.15, -0.1) is 24.0 Å². The molecule has 1 heterocycles. The van der Waals surface area contributed by atoms with E-state index in [9.17, 15) is 0 Å². The van der Waals surface area contributed by atoms with Crippen LogP contribution < -0.4 is 10.6 Å². The Kier molecular flexibility index (Phi) is 7.94. The molecule has 0 bridgehead atoms. The molecule has 6 heteroatoms. The molecule has 1 saturated carbocycles. The number of nitrogens with zero attached hydrogens (tertiary/aromatic N) is 2. The molecule has 20 heavy (non-hydrogen) atoms. The molecule has 2 rings (SSSR count). The molecule has 2 N–H and O–H groups in total. The zero-order valence-electron chi connectivity index (χ0n) is 12.3. The monoisotopic (exact) mass is 392 g/mol. The van der Waals surface area contributed by atoms with Crippen LogP contribution in [0.4, 0.5) is 0 Å². The number of aliphatic imine (C=N–C) groups is 1. The van der Waals surface area contributed by atoms with Crippen LogP contribution in [-0.4, -0.2) is 24.2 Å². The molecule has 0 atom stereocenters. The third-order valence-corrected chi connectivity index (χ3v) is 3.92. The normalized spacial score (nSPS) is 23.0. The van der Waals surface area contributed by atoms with E-state index in [-0.39, 0.29) is 24.0 Å². The van der Waals surface area contributed by atoms with Gasteiger partial charge in [-0.1, -0.05) is 18.5 Å². The molecule has 1 aliphatic rings. The van der Waals surface area contributed by atoms with Gasteiger partial charge in [0, 0.05) is 19.2 Å². The Balaban J connectivity index is 0.00000200. The Bertz CT molecular complexity index is 386. The summed E-state index contributed by atoms with van der Waals surface area (Å²) in [6, 6.07) is 2.40. The summed E-state index contributed by atoms with van der Waals surface area (Å²) in [6.45, 7) is 2.93. The van der Waals surface area contributed by atoms with Crippen molar-refractivity contribution in [3.63, 3.8) is 0 Å². The molecular weight excluding hydrogens is 367 g/mol. The zero-order valence-corrected chi connectivity index (χ0v) is 14.6. The van der Waals surface area contributed by atoms with Gasteiger partial charge in [0.25, 0.3) is 0 Å². The van der Waals surface area contributed by atoms with E-state index >= 15 is 0 Å². The molecule has 5 nitrogen and oxygen atoms in total. The van der Waals surface area contributed by atoms with Gasteiger partial charge in [-0.2, -0.15) is 0 Å². The van der Waals surface area contributed by atoms with E-state index in [1.807, 2.05) is 6.07 Å². The second kappa shape index (κ2) is 9.20. The average Bonchev–Trinajstić information content (AvgIpc) is 2.97. The van der Waals surface area contributed by atoms with Crippen molar-refractivity contribution in [2.45, 2.75) is 51.6 Å². The number of halogens is 1. The standard InChI is InChI=1S/C14H24N4O.HI/c1-3-11-4-6-12(7-5-11)17-14(15-2)16-10-13-8-9-19-18-13;/h8-9,11-12H,3-7,10H2,1-2H3,(H2,15,16,17);1H. The molecule has 0 spiro atoms. The highest BCUT2D eigenvalue weighted by atomic mass is 127. The molecule has 1 aliphatic carbocycles. The maximum absolute atomic E-state index is 4.80. The van der Waals surface area contributed by atoms with E-state index in [4.69, 9.17) is 4.52 Å². The van der Waals surface area contributed by atoms with Crippen molar-refractivity contribution in [2.24, 2.45) is 10.9 Å². The van der Waals surface area contributed by atoms with Crippen LogP contribution in [0, 0.1) is 5.92 Å². The Morgan fingerprint density at radius 2 is 2.15 bits per heavy atom. The Labute approximate surface area is 138 Å². The van der Waals surface area contributed by atoms with Crippen LogP contribution in [0.1, 0.15) is 44.7 Å². The van der Waals surface area contributed by atoms with Crippen molar-refractivity contribution in [3.8, 4) is 0 Å². The van der Waals surface area contributed by atoms with Crippen LogP contribution in [0.3, 0.4) is 0 Å². The number of nitrogens with one attached hydrogen (secondary N) is 2. The van der Waals surface area contributed by atoms with Gasteiger partial charge in [0.1, 0.15) is 12.0 Å². The van der Waals surface area contributed by atoms with E-state index in [0.717, 1.165) is 17.6 Å². The number of guanidine groups is 1. The summed E-state index contributed by atoms with van der Waals surface area (Å²) in [5, 5.41) is 10.6. The van der Waals surface area contributed by atoms with Crippen LogP contribution in [-0.2, 0) is 6.54 Å². The highest BCUT2D eigenvalue weighted by Crippen LogP contribution is 2.26. The minimum atomic E-state index is 0. The highest BCUT2D eigenvalue weighted by Gasteiger charge is 2.20. The lowest BCUT2D eigenvalue weighted by atomic mass is 9.84. The Morgan fingerprint density at radius 1 is 1.40 bits per heavy atom. The predicted octanol–water partition coefficient (Wildman–Crippen LogP) is 2.93. The lowest BCUT2D eigenvalue weighted by Crippen LogP contribution is -2.44. The highest BCUT2D eigenvalue weighted by molar-refractivity contribution is 14.0. The third-order valence-electron chi connectivity index (χ3n) is 3.92. The molecule has 1 aromatic rings. The Morgan fingerprint density at radius 3 is 2.70 bits per heavy atom. The predicted molar refractivity (Wildman–Crippen MR) is 91.3 cm³/mol. The van der Waals surface area contributed by atoms with Crippen LogP contribution >= 0.6 is 24.0 Å². The number of hydrogen-bond acceptors (Lipinski definition) is 3. The zero-order chi connectivity index (χ0) is 13.5. The van der Waals surface area contributed by atoms with Crippen molar-refractivity contribution in [1.82, 2.24) is 15.8 Å². The van der Waals surface area contributed by atoms with Gasteiger partial charge in [0.2, 0.25) is 0 Å². The topological polar surface area (TPSA) is 62.5 Å². The van der Waals surface area contributed by atoms with Crippen molar-refractivity contribution < 1.29 is 4.52 Å². The van der Waals surface area contributed by atoms with E-state index in [0.29, 0.717) is 12.6 Å². The molecule has 0 radical (unpaired) electrons. The van der Waals surface area contributed by atoms with Gasteiger partial charge in [-0.05, 0) is 31.6 Å². The first-order valence-corrected chi connectivity index (χ1v) is 7.18. The second-order valence-electron chi connectivity index (χ2n) is 5.19. The fourth-order valence-corrected chi connectivity index (χ4v) is 2.61. The van der Waals surface area contributed by atoms with Gasteiger partial charge in [0.05, 0.1) is 6.54 Å². The fraction of sp³-hybridized carbons (Fsp3) is 0.714. The van der Waals surface area contributed by atoms with Gasteiger partial charge in [-0.3, -0.25) is 4.99 Å². The molecule has 1 fully saturated rings. The second-order valence-corrected chi connectivity index (χ2v) is 5.19. The van der Waals surface area contributed by atoms with Crippen molar-refractivity contribution in [1.29, 1.82) is 0 Å². The van der Waals surface area contributed by atoms with Crippen molar-refractivity contribution >= 4 is 29.9 Å². The van der Waals surface area contributed by atoms with Crippen molar-refractivity contribution in [2.75, 3.05) is 7.05 Å². The maximum atomic E-state index is 4.80. The smallest absolute Gasteiger partial charge is 0.191 e. The molecule has 0 unspecified atom stereocenters. The summed E-state index contributed by atoms with van der Waals surface area (Å²) in [4.78, 5) is 4.26. The molecule has 0 aromatic carbocycles. The molecule has 114 valence electrons. The molecule has 0 saturated heterocycles. The first-order chi connectivity index (χ1) is 9.31. The molecular formula is C14H25IN4O. The largest absolute Gasteiger partial charge is 0.364 e. The first-order valence-electron chi connectivity index (χ1n) is 7.18. The van der Waals surface area contributed by atoms with Gasteiger partial charge in [0.15, 0.2) is 5.96 Å². The van der Waals surface area contributed by atoms with Crippen LogP contribution in [0.2, 0.25) is 0 Å². The summed E-state index contributed by atoms with van der Waals surface area (Å²) < 4.78 is 4.80. The molecule has 0 aliphatic heterocycles. The van der Waals surface area contributed by atoms with E-state index in [1.54, 1.807) is 13.3 Å². The number of rotatable bonds is 4. The van der Waals surface area contributed by atoms with Crippen molar-refractivity contribution in [3.05, 3.63) is 18.0 Å². The molecule has 0 amide bonds. The fourth-order valence-electron chi connectivity index (χ4n) is 2.61. The third kappa shape index (κ3) is 5.30. The Hall–Kier alpha value is -0.790. The lowest BCUT2D eigenvalue weighted by molar-refractivity contribution is 0.304. The van der Waals surface area contributed by atoms with Crippen LogP contribution in [0.5, 0.6) is 0 Å². The summed E-state index contributed by atoms with van der Waals surface area (Å²) in [5.74, 6) is 1.77. The van der Waals surface area contributed by atoms with Gasteiger partial charge in [-0.25, -0.2) is 0 Å². The van der Waals surface area contributed by atoms with E-state index < -0.39 is 0 Å². The first kappa shape index (κ1) is 17.3. The SMILES string of the molecule is CCC1CCC(NC(=NC)NCc2ccon2)CC1.I. The number of aromatic nitrogens is 1. The lowest BCUT2D eigenvalue weighted by Gasteiger charge is -2.29.